The third-order valence-electron chi connectivity index (χ3n) is 3.90. The summed E-state index contributed by atoms with van der Waals surface area (Å²) in [4.78, 5) is 30.8. The van der Waals surface area contributed by atoms with Crippen LogP contribution in [0.15, 0.2) is 29.8 Å². The number of benzene rings is 1. The van der Waals surface area contributed by atoms with Crippen molar-refractivity contribution in [2.24, 2.45) is 5.92 Å². The highest BCUT2D eigenvalue weighted by Gasteiger charge is 2.22. The van der Waals surface area contributed by atoms with Crippen molar-refractivity contribution in [2.45, 2.75) is 20.3 Å². The van der Waals surface area contributed by atoms with Crippen molar-refractivity contribution >= 4 is 28.3 Å². The SMILES string of the molecule is CC(C)CCN(CC(=O)Nc1nccs1)C(=O)c1ccc2c(c1)OCO2. The Balaban J connectivity index is 1.71. The fourth-order valence-electron chi connectivity index (χ4n) is 2.50. The third kappa shape index (κ3) is 4.51. The Kier molecular flexibility index (Phi) is 5.72. The van der Waals surface area contributed by atoms with Crippen molar-refractivity contribution in [1.29, 1.82) is 0 Å². The molecule has 0 unspecified atom stereocenters. The molecule has 1 aromatic carbocycles. The third-order valence-corrected chi connectivity index (χ3v) is 4.58. The highest BCUT2D eigenvalue weighted by molar-refractivity contribution is 7.13. The van der Waals surface area contributed by atoms with E-state index >= 15 is 0 Å². The van der Waals surface area contributed by atoms with Crippen LogP contribution in [-0.2, 0) is 4.79 Å². The van der Waals surface area contributed by atoms with Crippen LogP contribution in [0.5, 0.6) is 11.5 Å². The maximum Gasteiger partial charge on any atom is 0.254 e. The van der Waals surface area contributed by atoms with Gasteiger partial charge in [0, 0.05) is 23.7 Å². The lowest BCUT2D eigenvalue weighted by Gasteiger charge is -2.23. The molecule has 0 fully saturated rings. The van der Waals surface area contributed by atoms with Crippen LogP contribution in [0.25, 0.3) is 0 Å². The molecule has 26 heavy (non-hydrogen) atoms. The average molecular weight is 375 g/mol. The van der Waals surface area contributed by atoms with Gasteiger partial charge < -0.3 is 19.7 Å². The number of carbonyl (C=O) groups is 2. The normalized spacial score (nSPS) is 12.3. The van der Waals surface area contributed by atoms with E-state index in [1.54, 1.807) is 34.7 Å². The van der Waals surface area contributed by atoms with E-state index in [2.05, 4.69) is 24.1 Å². The van der Waals surface area contributed by atoms with Gasteiger partial charge in [0.2, 0.25) is 12.7 Å². The van der Waals surface area contributed by atoms with Crippen molar-refractivity contribution in [3.05, 3.63) is 35.3 Å². The minimum atomic E-state index is -0.266. The zero-order valence-electron chi connectivity index (χ0n) is 14.7. The van der Waals surface area contributed by atoms with Crippen molar-refractivity contribution < 1.29 is 19.1 Å². The lowest BCUT2D eigenvalue weighted by molar-refractivity contribution is -0.116. The molecule has 138 valence electrons. The number of fused-ring (bicyclic) bond motifs is 1. The van der Waals surface area contributed by atoms with Crippen LogP contribution >= 0.6 is 11.3 Å². The molecule has 1 aliphatic rings. The molecule has 2 heterocycles. The second-order valence-corrected chi connectivity index (χ2v) is 7.26. The molecule has 0 radical (unpaired) electrons. The van der Waals surface area contributed by atoms with Gasteiger partial charge in [0.25, 0.3) is 5.91 Å². The highest BCUT2D eigenvalue weighted by atomic mass is 32.1. The van der Waals surface area contributed by atoms with Crippen LogP contribution in [0.3, 0.4) is 0 Å². The summed E-state index contributed by atoms with van der Waals surface area (Å²) in [5.74, 6) is 1.11. The van der Waals surface area contributed by atoms with E-state index in [0.717, 1.165) is 6.42 Å². The molecular weight excluding hydrogens is 354 g/mol. The number of carbonyl (C=O) groups excluding carboxylic acids is 2. The predicted octanol–water partition coefficient (Wildman–Crippen LogP) is 3.00. The number of aromatic nitrogens is 1. The predicted molar refractivity (Wildman–Crippen MR) is 98.7 cm³/mol. The lowest BCUT2D eigenvalue weighted by atomic mass is 10.1. The zero-order chi connectivity index (χ0) is 18.5. The Bertz CT molecular complexity index is 777. The maximum absolute atomic E-state index is 12.9. The van der Waals surface area contributed by atoms with E-state index in [1.807, 2.05) is 0 Å². The summed E-state index contributed by atoms with van der Waals surface area (Å²) in [6, 6.07) is 5.06. The van der Waals surface area contributed by atoms with E-state index in [9.17, 15) is 9.59 Å². The number of ether oxygens (including phenoxy) is 2. The van der Waals surface area contributed by atoms with E-state index in [-0.39, 0.29) is 25.2 Å². The second kappa shape index (κ2) is 8.18. The van der Waals surface area contributed by atoms with Gasteiger partial charge in [0.05, 0.1) is 0 Å². The lowest BCUT2D eigenvalue weighted by Crippen LogP contribution is -2.39. The van der Waals surface area contributed by atoms with Crippen molar-refractivity contribution in [1.82, 2.24) is 9.88 Å². The summed E-state index contributed by atoms with van der Waals surface area (Å²) in [7, 11) is 0. The molecular formula is C18H21N3O4S. The van der Waals surface area contributed by atoms with Gasteiger partial charge in [-0.2, -0.15) is 0 Å². The first-order valence-electron chi connectivity index (χ1n) is 8.41. The number of thiazole rings is 1. The minimum absolute atomic E-state index is 0.0282. The van der Waals surface area contributed by atoms with Gasteiger partial charge in [-0.1, -0.05) is 13.8 Å². The van der Waals surface area contributed by atoms with Crippen molar-refractivity contribution in [2.75, 3.05) is 25.2 Å². The van der Waals surface area contributed by atoms with Crippen LogP contribution in [0.1, 0.15) is 30.6 Å². The Morgan fingerprint density at radius 1 is 1.31 bits per heavy atom. The number of hydrogen-bond acceptors (Lipinski definition) is 6. The highest BCUT2D eigenvalue weighted by Crippen LogP contribution is 2.32. The molecule has 0 aliphatic carbocycles. The molecule has 0 saturated carbocycles. The average Bonchev–Trinajstić information content (AvgIpc) is 3.28. The molecule has 1 N–H and O–H groups in total. The van der Waals surface area contributed by atoms with Gasteiger partial charge in [0.15, 0.2) is 16.6 Å². The molecule has 1 aromatic heterocycles. The van der Waals surface area contributed by atoms with Crippen molar-refractivity contribution in [3.8, 4) is 11.5 Å². The summed E-state index contributed by atoms with van der Waals surface area (Å²) in [5.41, 5.74) is 0.472. The molecule has 2 aromatic rings. The molecule has 0 atom stereocenters. The fraction of sp³-hybridized carbons (Fsp3) is 0.389. The Labute approximate surface area is 155 Å². The van der Waals surface area contributed by atoms with Crippen LogP contribution in [0.4, 0.5) is 5.13 Å². The first-order chi connectivity index (χ1) is 12.5. The first kappa shape index (κ1) is 18.2. The summed E-state index contributed by atoms with van der Waals surface area (Å²) in [6.45, 7) is 4.79. The molecule has 3 rings (SSSR count). The monoisotopic (exact) mass is 375 g/mol. The summed E-state index contributed by atoms with van der Waals surface area (Å²) < 4.78 is 10.6. The summed E-state index contributed by atoms with van der Waals surface area (Å²) in [5, 5.41) is 5.02. The van der Waals surface area contributed by atoms with E-state index in [4.69, 9.17) is 9.47 Å². The van der Waals surface area contributed by atoms with Crippen molar-refractivity contribution in [3.63, 3.8) is 0 Å². The number of anilines is 1. The second-order valence-electron chi connectivity index (χ2n) is 6.36. The standard InChI is InChI=1S/C18H21N3O4S/c1-12(2)5-7-21(10-16(22)20-18-19-6-8-26-18)17(23)13-3-4-14-15(9-13)25-11-24-14/h3-4,6,8-9,12H,5,7,10-11H2,1-2H3,(H,19,20,22). The largest absolute Gasteiger partial charge is 0.454 e. The number of nitrogens with one attached hydrogen (secondary N) is 1. The quantitative estimate of drug-likeness (QED) is 0.805. The molecule has 2 amide bonds. The zero-order valence-corrected chi connectivity index (χ0v) is 15.5. The minimum Gasteiger partial charge on any atom is -0.454 e. The van der Waals surface area contributed by atoms with Gasteiger partial charge >= 0.3 is 0 Å². The van der Waals surface area contributed by atoms with Crippen LogP contribution in [0.2, 0.25) is 0 Å². The molecule has 8 heteroatoms. The van der Waals surface area contributed by atoms with Gasteiger partial charge in [-0.3, -0.25) is 9.59 Å². The van der Waals surface area contributed by atoms with Crippen LogP contribution in [0, 0.1) is 5.92 Å². The molecule has 1 aliphatic heterocycles. The van der Waals surface area contributed by atoms with Gasteiger partial charge in [0.1, 0.15) is 6.54 Å². The number of rotatable bonds is 7. The van der Waals surface area contributed by atoms with Crippen LogP contribution < -0.4 is 14.8 Å². The number of amides is 2. The Morgan fingerprint density at radius 2 is 2.12 bits per heavy atom. The topological polar surface area (TPSA) is 80.8 Å². The van der Waals surface area contributed by atoms with Gasteiger partial charge in [-0.05, 0) is 30.5 Å². The maximum atomic E-state index is 12.9. The molecule has 0 saturated heterocycles. The fourth-order valence-corrected chi connectivity index (χ4v) is 3.04. The van der Waals surface area contributed by atoms with E-state index < -0.39 is 0 Å². The first-order valence-corrected chi connectivity index (χ1v) is 9.29. The van der Waals surface area contributed by atoms with E-state index in [0.29, 0.717) is 34.7 Å². The van der Waals surface area contributed by atoms with Gasteiger partial charge in [-0.15, -0.1) is 11.3 Å². The molecule has 7 nitrogen and oxygen atoms in total. The number of hydrogen-bond donors (Lipinski definition) is 1. The smallest absolute Gasteiger partial charge is 0.254 e. The summed E-state index contributed by atoms with van der Waals surface area (Å²) >= 11 is 1.34. The summed E-state index contributed by atoms with van der Waals surface area (Å²) in [6.07, 6.45) is 2.43. The molecule has 0 bridgehead atoms. The Hall–Kier alpha value is -2.61. The van der Waals surface area contributed by atoms with Crippen LogP contribution in [-0.4, -0.2) is 41.6 Å². The van der Waals surface area contributed by atoms with E-state index in [1.165, 1.54) is 11.3 Å². The Morgan fingerprint density at radius 3 is 2.85 bits per heavy atom. The molecule has 0 spiro atoms. The van der Waals surface area contributed by atoms with Gasteiger partial charge in [-0.25, -0.2) is 4.98 Å². The number of nitrogens with zero attached hydrogens (tertiary/aromatic N) is 2.